The summed E-state index contributed by atoms with van der Waals surface area (Å²) in [5.41, 5.74) is 5.94. The van der Waals surface area contributed by atoms with E-state index in [2.05, 4.69) is 10.5 Å². The van der Waals surface area contributed by atoms with Crippen molar-refractivity contribution in [2.24, 2.45) is 5.73 Å². The monoisotopic (exact) mass is 195 g/mol. The lowest BCUT2D eigenvalue weighted by molar-refractivity contribution is 0.0901. The van der Waals surface area contributed by atoms with E-state index in [4.69, 9.17) is 10.3 Å². The molecule has 0 saturated heterocycles. The van der Waals surface area contributed by atoms with Gasteiger partial charge in [0.1, 0.15) is 5.76 Å². The Bertz CT molecular complexity index is 342. The van der Waals surface area contributed by atoms with Crippen LogP contribution in [0.3, 0.4) is 0 Å². The fourth-order valence-corrected chi connectivity index (χ4v) is 1.51. The number of nitrogens with zero attached hydrogens (tertiary/aromatic N) is 1. The van der Waals surface area contributed by atoms with Crippen molar-refractivity contribution in [3.63, 3.8) is 0 Å². The predicted molar refractivity (Wildman–Crippen MR) is 49.7 cm³/mol. The highest BCUT2D eigenvalue weighted by atomic mass is 16.5. The molecule has 0 spiro atoms. The Kier molecular flexibility index (Phi) is 2.25. The number of carbonyl (C=O) groups excluding carboxylic acids is 1. The Labute approximate surface area is 81.6 Å². The molecule has 0 aromatic carbocycles. The van der Waals surface area contributed by atoms with Gasteiger partial charge in [-0.3, -0.25) is 4.79 Å². The first-order chi connectivity index (χ1) is 6.65. The van der Waals surface area contributed by atoms with E-state index in [0.717, 1.165) is 12.8 Å². The van der Waals surface area contributed by atoms with Crippen molar-refractivity contribution in [2.75, 3.05) is 0 Å². The lowest BCUT2D eigenvalue weighted by Crippen LogP contribution is -2.50. The zero-order valence-corrected chi connectivity index (χ0v) is 7.99. The molecule has 0 aliphatic heterocycles. The Morgan fingerprint density at radius 2 is 2.43 bits per heavy atom. The minimum atomic E-state index is -0.182. The number of hydrogen-bond acceptors (Lipinski definition) is 4. The van der Waals surface area contributed by atoms with Crippen molar-refractivity contribution in [1.29, 1.82) is 0 Å². The maximum Gasteiger partial charge on any atom is 0.273 e. The topological polar surface area (TPSA) is 81.2 Å². The van der Waals surface area contributed by atoms with Crippen LogP contribution >= 0.6 is 0 Å². The van der Waals surface area contributed by atoms with Gasteiger partial charge in [-0.05, 0) is 19.8 Å². The zero-order chi connectivity index (χ0) is 10.1. The van der Waals surface area contributed by atoms with Crippen LogP contribution in [0.4, 0.5) is 0 Å². The lowest BCUT2D eigenvalue weighted by atomic mass is 9.87. The molecule has 0 unspecified atom stereocenters. The minimum absolute atomic E-state index is 0.182. The highest BCUT2D eigenvalue weighted by molar-refractivity contribution is 5.92. The van der Waals surface area contributed by atoms with Crippen LogP contribution in [0, 0.1) is 6.92 Å². The Balaban J connectivity index is 1.90. The Morgan fingerprint density at radius 3 is 2.93 bits per heavy atom. The third kappa shape index (κ3) is 1.77. The smallest absolute Gasteiger partial charge is 0.273 e. The first-order valence-electron chi connectivity index (χ1n) is 4.65. The van der Waals surface area contributed by atoms with Crippen LogP contribution in [-0.4, -0.2) is 23.1 Å². The standard InChI is InChI=1S/C9H13N3O2/c1-5-2-8(12-14-5)9(13)11-7-3-6(10)4-7/h2,6-7H,3-4,10H2,1H3,(H,11,13). The fraction of sp³-hybridized carbons (Fsp3) is 0.556. The summed E-state index contributed by atoms with van der Waals surface area (Å²) >= 11 is 0. The van der Waals surface area contributed by atoms with Crippen LogP contribution in [0.2, 0.25) is 0 Å². The molecule has 1 saturated carbocycles. The molecule has 0 radical (unpaired) electrons. The molecule has 1 aromatic heterocycles. The van der Waals surface area contributed by atoms with E-state index < -0.39 is 0 Å². The van der Waals surface area contributed by atoms with Crippen LogP contribution in [0.15, 0.2) is 10.6 Å². The number of nitrogens with two attached hydrogens (primary N) is 1. The zero-order valence-electron chi connectivity index (χ0n) is 7.99. The van der Waals surface area contributed by atoms with E-state index in [1.807, 2.05) is 0 Å². The first-order valence-corrected chi connectivity index (χ1v) is 4.65. The van der Waals surface area contributed by atoms with Gasteiger partial charge in [-0.25, -0.2) is 0 Å². The van der Waals surface area contributed by atoms with Gasteiger partial charge in [0.15, 0.2) is 5.69 Å². The number of amides is 1. The van der Waals surface area contributed by atoms with Crippen LogP contribution < -0.4 is 11.1 Å². The van der Waals surface area contributed by atoms with Crippen LogP contribution in [-0.2, 0) is 0 Å². The molecular formula is C9H13N3O2. The quantitative estimate of drug-likeness (QED) is 0.706. The molecule has 5 heteroatoms. The van der Waals surface area contributed by atoms with E-state index in [9.17, 15) is 4.79 Å². The average Bonchev–Trinajstić information content (AvgIpc) is 2.49. The summed E-state index contributed by atoms with van der Waals surface area (Å²) in [7, 11) is 0. The van der Waals surface area contributed by atoms with Crippen molar-refractivity contribution in [1.82, 2.24) is 10.5 Å². The van der Waals surface area contributed by atoms with E-state index in [1.54, 1.807) is 13.0 Å². The summed E-state index contributed by atoms with van der Waals surface area (Å²) in [6, 6.07) is 2.06. The number of hydrogen-bond donors (Lipinski definition) is 2. The number of nitrogens with one attached hydrogen (secondary N) is 1. The molecule has 14 heavy (non-hydrogen) atoms. The highest BCUT2D eigenvalue weighted by Crippen LogP contribution is 2.17. The van der Waals surface area contributed by atoms with Crippen LogP contribution in [0.1, 0.15) is 29.1 Å². The van der Waals surface area contributed by atoms with Crippen molar-refractivity contribution in [3.8, 4) is 0 Å². The van der Waals surface area contributed by atoms with Crippen LogP contribution in [0.5, 0.6) is 0 Å². The molecule has 5 nitrogen and oxygen atoms in total. The molecule has 0 atom stereocenters. The third-order valence-corrected chi connectivity index (χ3v) is 2.37. The second kappa shape index (κ2) is 3.42. The van der Waals surface area contributed by atoms with Crippen LogP contribution in [0.25, 0.3) is 0 Å². The fourth-order valence-electron chi connectivity index (χ4n) is 1.51. The number of rotatable bonds is 2. The summed E-state index contributed by atoms with van der Waals surface area (Å²) in [6.07, 6.45) is 1.70. The Hall–Kier alpha value is -1.36. The molecule has 1 aliphatic carbocycles. The summed E-state index contributed by atoms with van der Waals surface area (Å²) in [5.74, 6) is 0.458. The van der Waals surface area contributed by atoms with E-state index in [1.165, 1.54) is 0 Å². The first kappa shape index (κ1) is 9.21. The molecule has 1 aliphatic rings. The summed E-state index contributed by atoms with van der Waals surface area (Å²) in [5, 5.41) is 6.46. The molecule has 1 heterocycles. The lowest BCUT2D eigenvalue weighted by Gasteiger charge is -2.32. The van der Waals surface area contributed by atoms with Gasteiger partial charge in [0.2, 0.25) is 0 Å². The molecule has 76 valence electrons. The van der Waals surface area contributed by atoms with Gasteiger partial charge in [0.05, 0.1) is 0 Å². The number of aromatic nitrogens is 1. The summed E-state index contributed by atoms with van der Waals surface area (Å²) < 4.78 is 4.80. The molecule has 1 fully saturated rings. The second-order valence-electron chi connectivity index (χ2n) is 3.72. The van der Waals surface area contributed by atoms with Gasteiger partial charge in [-0.2, -0.15) is 0 Å². The second-order valence-corrected chi connectivity index (χ2v) is 3.72. The summed E-state index contributed by atoms with van der Waals surface area (Å²) in [4.78, 5) is 11.5. The van der Waals surface area contributed by atoms with Gasteiger partial charge in [-0.1, -0.05) is 5.16 Å². The predicted octanol–water partition coefficient (Wildman–Crippen LogP) is 0.203. The van der Waals surface area contributed by atoms with Crippen molar-refractivity contribution in [2.45, 2.75) is 31.8 Å². The van der Waals surface area contributed by atoms with E-state index in [0.29, 0.717) is 11.5 Å². The largest absolute Gasteiger partial charge is 0.361 e. The molecule has 3 N–H and O–H groups in total. The number of carbonyl (C=O) groups is 1. The van der Waals surface area contributed by atoms with Crippen molar-refractivity contribution in [3.05, 3.63) is 17.5 Å². The SMILES string of the molecule is Cc1cc(C(=O)NC2CC(N)C2)no1. The minimum Gasteiger partial charge on any atom is -0.361 e. The van der Waals surface area contributed by atoms with Gasteiger partial charge in [0, 0.05) is 18.2 Å². The van der Waals surface area contributed by atoms with Crippen molar-refractivity contribution < 1.29 is 9.32 Å². The Morgan fingerprint density at radius 1 is 1.71 bits per heavy atom. The van der Waals surface area contributed by atoms with Gasteiger partial charge in [-0.15, -0.1) is 0 Å². The van der Waals surface area contributed by atoms with Crippen molar-refractivity contribution >= 4 is 5.91 Å². The van der Waals surface area contributed by atoms with E-state index >= 15 is 0 Å². The average molecular weight is 195 g/mol. The van der Waals surface area contributed by atoms with E-state index in [-0.39, 0.29) is 18.0 Å². The molecule has 1 aromatic rings. The normalized spacial score (nSPS) is 25.6. The number of aryl methyl sites for hydroxylation is 1. The van der Waals surface area contributed by atoms with Gasteiger partial charge in [0.25, 0.3) is 5.91 Å². The highest BCUT2D eigenvalue weighted by Gasteiger charge is 2.28. The van der Waals surface area contributed by atoms with Gasteiger partial charge >= 0.3 is 0 Å². The molecular weight excluding hydrogens is 182 g/mol. The molecule has 1 amide bonds. The molecule has 2 rings (SSSR count). The maximum atomic E-state index is 11.5. The van der Waals surface area contributed by atoms with Gasteiger partial charge < -0.3 is 15.6 Å². The summed E-state index contributed by atoms with van der Waals surface area (Å²) in [6.45, 7) is 1.75. The third-order valence-electron chi connectivity index (χ3n) is 2.37. The molecule has 0 bridgehead atoms. The maximum absolute atomic E-state index is 11.5.